The monoisotopic (exact) mass is 268 g/mol. The number of fused-ring (bicyclic) bond motifs is 1. The van der Waals surface area contributed by atoms with Crippen molar-refractivity contribution in [2.75, 3.05) is 12.0 Å². The van der Waals surface area contributed by atoms with Crippen molar-refractivity contribution in [1.82, 2.24) is 0 Å². The second-order valence-electron chi connectivity index (χ2n) is 4.13. The highest BCUT2D eigenvalue weighted by atomic mass is 35.5. The minimum absolute atomic E-state index is 0.0391. The van der Waals surface area contributed by atoms with Crippen molar-refractivity contribution in [2.45, 2.75) is 5.38 Å². The Balaban J connectivity index is 2.48. The summed E-state index contributed by atoms with van der Waals surface area (Å²) in [6.07, 6.45) is 1.20. The number of rotatable bonds is 3. The molecular formula is C13H13ClO2S. The minimum Gasteiger partial charge on any atom is -0.229 e. The van der Waals surface area contributed by atoms with E-state index in [1.807, 2.05) is 42.5 Å². The molecule has 0 heterocycles. The van der Waals surface area contributed by atoms with Crippen molar-refractivity contribution >= 4 is 32.2 Å². The molecule has 0 saturated heterocycles. The van der Waals surface area contributed by atoms with Crippen LogP contribution in [0.25, 0.3) is 10.8 Å². The molecule has 2 rings (SSSR count). The highest BCUT2D eigenvalue weighted by Crippen LogP contribution is 2.29. The van der Waals surface area contributed by atoms with Crippen LogP contribution in [0.4, 0.5) is 0 Å². The van der Waals surface area contributed by atoms with Gasteiger partial charge in [-0.25, -0.2) is 8.42 Å². The fourth-order valence-electron chi connectivity index (χ4n) is 1.88. The van der Waals surface area contributed by atoms with E-state index >= 15 is 0 Å². The van der Waals surface area contributed by atoms with Gasteiger partial charge in [0.2, 0.25) is 0 Å². The molecule has 1 atom stereocenters. The Kier molecular flexibility index (Phi) is 3.40. The van der Waals surface area contributed by atoms with Gasteiger partial charge in [0, 0.05) is 6.26 Å². The van der Waals surface area contributed by atoms with E-state index in [2.05, 4.69) is 0 Å². The molecule has 0 aliphatic heterocycles. The van der Waals surface area contributed by atoms with Crippen LogP contribution in [0.15, 0.2) is 42.5 Å². The van der Waals surface area contributed by atoms with Crippen molar-refractivity contribution in [3.8, 4) is 0 Å². The van der Waals surface area contributed by atoms with Crippen molar-refractivity contribution in [1.29, 1.82) is 0 Å². The first-order valence-corrected chi connectivity index (χ1v) is 7.76. The van der Waals surface area contributed by atoms with Gasteiger partial charge in [0.05, 0.1) is 11.1 Å². The second-order valence-corrected chi connectivity index (χ2v) is 6.84. The van der Waals surface area contributed by atoms with Gasteiger partial charge >= 0.3 is 0 Å². The first-order valence-electron chi connectivity index (χ1n) is 5.27. The van der Waals surface area contributed by atoms with Crippen LogP contribution in [0.3, 0.4) is 0 Å². The van der Waals surface area contributed by atoms with E-state index in [1.165, 1.54) is 6.26 Å². The number of hydrogen-bond donors (Lipinski definition) is 0. The van der Waals surface area contributed by atoms with Crippen LogP contribution >= 0.6 is 11.6 Å². The Morgan fingerprint density at radius 2 is 1.76 bits per heavy atom. The maximum absolute atomic E-state index is 11.3. The summed E-state index contributed by atoms with van der Waals surface area (Å²) in [6.45, 7) is 0. The van der Waals surface area contributed by atoms with Gasteiger partial charge in [-0.1, -0.05) is 42.5 Å². The second kappa shape index (κ2) is 4.67. The highest BCUT2D eigenvalue weighted by molar-refractivity contribution is 7.90. The van der Waals surface area contributed by atoms with Crippen LogP contribution in [0.1, 0.15) is 10.9 Å². The van der Waals surface area contributed by atoms with E-state index in [-0.39, 0.29) is 5.75 Å². The molecule has 0 fully saturated rings. The van der Waals surface area contributed by atoms with Crippen molar-refractivity contribution in [3.63, 3.8) is 0 Å². The van der Waals surface area contributed by atoms with Gasteiger partial charge in [0.1, 0.15) is 9.84 Å². The molecule has 1 unspecified atom stereocenters. The van der Waals surface area contributed by atoms with E-state index in [1.54, 1.807) is 0 Å². The SMILES string of the molecule is CS(=O)(=O)CC(Cl)c1cccc2ccccc12. The highest BCUT2D eigenvalue weighted by Gasteiger charge is 2.16. The van der Waals surface area contributed by atoms with E-state index in [9.17, 15) is 8.42 Å². The molecule has 0 aliphatic carbocycles. The zero-order valence-electron chi connectivity index (χ0n) is 9.43. The smallest absolute Gasteiger partial charge is 0.149 e. The third kappa shape index (κ3) is 2.99. The third-order valence-electron chi connectivity index (χ3n) is 2.61. The molecule has 2 aromatic rings. The Bertz CT molecular complexity index is 629. The molecule has 2 aromatic carbocycles. The normalized spacial score (nSPS) is 13.8. The van der Waals surface area contributed by atoms with Crippen LogP contribution < -0.4 is 0 Å². The predicted molar refractivity (Wildman–Crippen MR) is 72.3 cm³/mol. The number of halogens is 1. The lowest BCUT2D eigenvalue weighted by Crippen LogP contribution is -2.09. The average molecular weight is 269 g/mol. The van der Waals surface area contributed by atoms with Gasteiger partial charge in [-0.2, -0.15) is 0 Å². The molecule has 0 N–H and O–H groups in total. The number of hydrogen-bond acceptors (Lipinski definition) is 2. The van der Waals surface area contributed by atoms with E-state index in [4.69, 9.17) is 11.6 Å². The lowest BCUT2D eigenvalue weighted by Gasteiger charge is -2.11. The van der Waals surface area contributed by atoms with Crippen LogP contribution in [0.5, 0.6) is 0 Å². The molecule has 0 aromatic heterocycles. The Morgan fingerprint density at radius 3 is 2.47 bits per heavy atom. The molecule has 0 aliphatic rings. The molecule has 0 bridgehead atoms. The molecule has 0 spiro atoms. The topological polar surface area (TPSA) is 34.1 Å². The van der Waals surface area contributed by atoms with Crippen LogP contribution in [0.2, 0.25) is 0 Å². The standard InChI is InChI=1S/C13H13ClO2S/c1-17(15,16)9-13(14)12-8-4-6-10-5-2-3-7-11(10)12/h2-8,13H,9H2,1H3. The quantitative estimate of drug-likeness (QED) is 0.802. The zero-order valence-corrected chi connectivity index (χ0v) is 11.0. The largest absolute Gasteiger partial charge is 0.229 e. The van der Waals surface area contributed by atoms with Gasteiger partial charge in [0.15, 0.2) is 0 Å². The summed E-state index contributed by atoms with van der Waals surface area (Å²) in [7, 11) is -3.07. The molecule has 4 heteroatoms. The first kappa shape index (κ1) is 12.4. The summed E-state index contributed by atoms with van der Waals surface area (Å²) in [5, 5.41) is 1.58. The summed E-state index contributed by atoms with van der Waals surface area (Å²) in [6, 6.07) is 13.6. The van der Waals surface area contributed by atoms with Gasteiger partial charge in [-0.15, -0.1) is 11.6 Å². The van der Waals surface area contributed by atoms with Gasteiger partial charge in [-0.05, 0) is 16.3 Å². The molecule has 0 saturated carbocycles. The lowest BCUT2D eigenvalue weighted by molar-refractivity contribution is 0.600. The first-order chi connectivity index (χ1) is 7.97. The van der Waals surface area contributed by atoms with E-state index < -0.39 is 15.2 Å². The van der Waals surface area contributed by atoms with E-state index in [0.717, 1.165) is 16.3 Å². The Labute approximate surface area is 106 Å². The lowest BCUT2D eigenvalue weighted by atomic mass is 10.0. The summed E-state index contributed by atoms with van der Waals surface area (Å²) in [4.78, 5) is 0. The van der Waals surface area contributed by atoms with Crippen molar-refractivity contribution < 1.29 is 8.42 Å². The summed E-state index contributed by atoms with van der Waals surface area (Å²) in [5.74, 6) is -0.0391. The molecule has 0 amide bonds. The third-order valence-corrected chi connectivity index (χ3v) is 4.12. The van der Waals surface area contributed by atoms with Crippen molar-refractivity contribution in [3.05, 3.63) is 48.0 Å². The molecular weight excluding hydrogens is 256 g/mol. The van der Waals surface area contributed by atoms with Crippen LogP contribution in [0, 0.1) is 0 Å². The van der Waals surface area contributed by atoms with Gasteiger partial charge < -0.3 is 0 Å². The zero-order chi connectivity index (χ0) is 12.5. The molecule has 90 valence electrons. The summed E-state index contributed by atoms with van der Waals surface area (Å²) >= 11 is 6.19. The predicted octanol–water partition coefficient (Wildman–Crippen LogP) is 3.16. The number of alkyl halides is 1. The fourth-order valence-corrected chi connectivity index (χ4v) is 3.47. The van der Waals surface area contributed by atoms with E-state index in [0.29, 0.717) is 0 Å². The van der Waals surface area contributed by atoms with Crippen molar-refractivity contribution in [2.24, 2.45) is 0 Å². The molecule has 17 heavy (non-hydrogen) atoms. The summed E-state index contributed by atoms with van der Waals surface area (Å²) < 4.78 is 22.5. The molecule has 0 radical (unpaired) electrons. The van der Waals surface area contributed by atoms with Gasteiger partial charge in [0.25, 0.3) is 0 Å². The maximum atomic E-state index is 11.3. The Hall–Kier alpha value is -1.06. The average Bonchev–Trinajstić information content (AvgIpc) is 2.26. The maximum Gasteiger partial charge on any atom is 0.149 e. The number of benzene rings is 2. The van der Waals surface area contributed by atoms with Crippen LogP contribution in [-0.4, -0.2) is 20.4 Å². The number of sulfone groups is 1. The Morgan fingerprint density at radius 1 is 1.12 bits per heavy atom. The fraction of sp³-hybridized carbons (Fsp3) is 0.231. The summed E-state index contributed by atoms with van der Waals surface area (Å²) in [5.41, 5.74) is 0.871. The molecule has 2 nitrogen and oxygen atoms in total. The minimum atomic E-state index is -3.07. The van der Waals surface area contributed by atoms with Gasteiger partial charge in [-0.3, -0.25) is 0 Å². The van der Waals surface area contributed by atoms with Crippen LogP contribution in [-0.2, 0) is 9.84 Å².